The fourth-order valence-electron chi connectivity index (χ4n) is 4.33. The van der Waals surface area contributed by atoms with Crippen LogP contribution in [0.5, 0.6) is 0 Å². The number of nitrogens with zero attached hydrogens (tertiary/aromatic N) is 4. The van der Waals surface area contributed by atoms with Gasteiger partial charge in [-0.05, 0) is 48.3 Å². The fraction of sp³-hybridized carbons (Fsp3) is 0.240. The number of hydrogen-bond acceptors (Lipinski definition) is 5. The van der Waals surface area contributed by atoms with E-state index in [4.69, 9.17) is 0 Å². The Morgan fingerprint density at radius 1 is 1.21 bits per heavy atom. The third kappa shape index (κ3) is 4.18. The molecule has 2 unspecified atom stereocenters. The summed E-state index contributed by atoms with van der Waals surface area (Å²) in [5, 5.41) is 10.7. The first-order valence-corrected chi connectivity index (χ1v) is 12.5. The van der Waals surface area contributed by atoms with Crippen LogP contribution in [-0.2, 0) is 11.2 Å². The van der Waals surface area contributed by atoms with Gasteiger partial charge in [-0.1, -0.05) is 18.2 Å². The maximum Gasteiger partial charge on any atom is 0.254 e. The van der Waals surface area contributed by atoms with Gasteiger partial charge in [-0.25, -0.2) is 14.4 Å². The summed E-state index contributed by atoms with van der Waals surface area (Å²) in [5.74, 6) is -0.205. The van der Waals surface area contributed by atoms with Gasteiger partial charge in [0.2, 0.25) is 5.95 Å². The molecule has 0 radical (unpaired) electrons. The molecule has 2 aromatic heterocycles. The molecule has 174 valence electrons. The average molecular weight is 479 g/mol. The van der Waals surface area contributed by atoms with Crippen molar-refractivity contribution < 1.29 is 18.8 Å². The molecule has 4 aromatic rings. The SMILES string of the molecule is C[S+]([O-])c1cn(-c2ncc(-c3ccccc3F)cn2)c2cc(C(=O)N3CCCC(O)C3)ccc12. The largest absolute Gasteiger partial charge is 0.612 e. The van der Waals surface area contributed by atoms with E-state index in [2.05, 4.69) is 9.97 Å². The Morgan fingerprint density at radius 3 is 2.68 bits per heavy atom. The zero-order chi connectivity index (χ0) is 23.8. The van der Waals surface area contributed by atoms with Gasteiger partial charge in [0.05, 0.1) is 23.2 Å². The van der Waals surface area contributed by atoms with Crippen LogP contribution in [0.4, 0.5) is 4.39 Å². The van der Waals surface area contributed by atoms with Gasteiger partial charge in [-0.15, -0.1) is 0 Å². The van der Waals surface area contributed by atoms with E-state index in [1.807, 2.05) is 0 Å². The molecule has 5 rings (SSSR count). The van der Waals surface area contributed by atoms with Gasteiger partial charge in [-0.3, -0.25) is 9.36 Å². The normalized spacial score (nSPS) is 17.2. The van der Waals surface area contributed by atoms with Crippen LogP contribution in [0.3, 0.4) is 0 Å². The van der Waals surface area contributed by atoms with Crippen molar-refractivity contribution in [2.45, 2.75) is 23.8 Å². The molecule has 1 aliphatic heterocycles. The standard InChI is InChI=1S/C25H23FN4O3S/c1-34(33)23-15-30(25-27-12-17(13-28-25)19-6-2-3-7-21(19)26)22-11-16(8-9-20(22)23)24(32)29-10-4-5-18(31)14-29/h2-3,6-9,11-13,15,18,31H,4-5,10,14H2,1H3. The molecule has 2 aromatic carbocycles. The number of benzene rings is 2. The lowest BCUT2D eigenvalue weighted by molar-refractivity contribution is 0.0474. The van der Waals surface area contributed by atoms with Gasteiger partial charge < -0.3 is 14.6 Å². The van der Waals surface area contributed by atoms with Crippen molar-refractivity contribution in [3.63, 3.8) is 0 Å². The summed E-state index contributed by atoms with van der Waals surface area (Å²) in [6.07, 6.45) is 7.32. The summed E-state index contributed by atoms with van der Waals surface area (Å²) in [5.41, 5.74) is 2.06. The predicted molar refractivity (Wildman–Crippen MR) is 128 cm³/mol. The smallest absolute Gasteiger partial charge is 0.254 e. The molecule has 1 fully saturated rings. The van der Waals surface area contributed by atoms with E-state index >= 15 is 0 Å². The van der Waals surface area contributed by atoms with Crippen LogP contribution in [0.2, 0.25) is 0 Å². The number of rotatable bonds is 4. The molecule has 3 heterocycles. The average Bonchev–Trinajstić information content (AvgIpc) is 3.23. The topological polar surface area (TPSA) is 94.3 Å². The third-order valence-electron chi connectivity index (χ3n) is 6.05. The number of piperidine rings is 1. The Morgan fingerprint density at radius 2 is 1.97 bits per heavy atom. The monoisotopic (exact) mass is 478 g/mol. The Hall–Kier alpha value is -3.27. The van der Waals surface area contributed by atoms with E-state index in [0.717, 1.165) is 11.8 Å². The van der Waals surface area contributed by atoms with Gasteiger partial charge in [0.15, 0.2) is 4.90 Å². The molecule has 0 saturated carbocycles. The number of carbonyl (C=O) groups excluding carboxylic acids is 1. The van der Waals surface area contributed by atoms with Crippen molar-refractivity contribution in [2.75, 3.05) is 19.3 Å². The summed E-state index contributed by atoms with van der Waals surface area (Å²) >= 11 is -1.27. The second-order valence-electron chi connectivity index (χ2n) is 8.35. The van der Waals surface area contributed by atoms with E-state index in [0.29, 0.717) is 52.6 Å². The summed E-state index contributed by atoms with van der Waals surface area (Å²) in [7, 11) is 0. The Balaban J connectivity index is 1.55. The quantitative estimate of drug-likeness (QED) is 0.453. The number of aliphatic hydroxyl groups is 1. The zero-order valence-corrected chi connectivity index (χ0v) is 19.3. The molecule has 1 aliphatic rings. The molecule has 2 atom stereocenters. The molecule has 0 bridgehead atoms. The van der Waals surface area contributed by atoms with Crippen LogP contribution in [0.15, 0.2) is 66.0 Å². The van der Waals surface area contributed by atoms with Crippen molar-refractivity contribution in [3.05, 3.63) is 72.4 Å². The number of carbonyl (C=O) groups is 1. The van der Waals surface area contributed by atoms with E-state index in [-0.39, 0.29) is 11.7 Å². The van der Waals surface area contributed by atoms with E-state index in [9.17, 15) is 18.8 Å². The van der Waals surface area contributed by atoms with Crippen molar-refractivity contribution in [2.24, 2.45) is 0 Å². The molecule has 7 nitrogen and oxygen atoms in total. The first-order valence-electron chi connectivity index (χ1n) is 11.0. The van der Waals surface area contributed by atoms with Crippen LogP contribution in [0.1, 0.15) is 23.2 Å². The lowest BCUT2D eigenvalue weighted by Gasteiger charge is -2.30. The van der Waals surface area contributed by atoms with Crippen molar-refractivity contribution in [1.29, 1.82) is 0 Å². The molecule has 9 heteroatoms. The highest BCUT2D eigenvalue weighted by Crippen LogP contribution is 2.29. The van der Waals surface area contributed by atoms with E-state index in [1.165, 1.54) is 6.07 Å². The number of aromatic nitrogens is 3. The van der Waals surface area contributed by atoms with Crippen molar-refractivity contribution in [1.82, 2.24) is 19.4 Å². The Labute approximate surface area is 199 Å². The van der Waals surface area contributed by atoms with Gasteiger partial charge in [0.25, 0.3) is 5.91 Å². The molecule has 0 aliphatic carbocycles. The summed E-state index contributed by atoms with van der Waals surface area (Å²) in [6, 6.07) is 11.6. The lowest BCUT2D eigenvalue weighted by Crippen LogP contribution is -2.42. The van der Waals surface area contributed by atoms with Crippen LogP contribution < -0.4 is 0 Å². The lowest BCUT2D eigenvalue weighted by atomic mass is 10.1. The third-order valence-corrected chi connectivity index (χ3v) is 6.99. The van der Waals surface area contributed by atoms with Crippen LogP contribution in [-0.4, -0.2) is 60.5 Å². The first kappa shape index (κ1) is 22.5. The van der Waals surface area contributed by atoms with Crippen molar-refractivity contribution >= 4 is 28.0 Å². The van der Waals surface area contributed by atoms with Gasteiger partial charge >= 0.3 is 0 Å². The summed E-state index contributed by atoms with van der Waals surface area (Å²) in [4.78, 5) is 24.2. The molecule has 1 saturated heterocycles. The molecule has 1 N–H and O–H groups in total. The number of β-amino-alcohol motifs (C(OH)–C–C–N with tert-alkyl or cyclic N) is 1. The minimum absolute atomic E-state index is 0.164. The number of likely N-dealkylation sites (tertiary alicyclic amines) is 1. The highest BCUT2D eigenvalue weighted by molar-refractivity contribution is 7.91. The second kappa shape index (κ2) is 9.17. The summed E-state index contributed by atoms with van der Waals surface area (Å²) in [6.45, 7) is 0.905. The predicted octanol–water partition coefficient (Wildman–Crippen LogP) is 3.56. The van der Waals surface area contributed by atoms with Crippen LogP contribution in [0, 0.1) is 5.82 Å². The number of amides is 1. The van der Waals surface area contributed by atoms with E-state index < -0.39 is 17.3 Å². The van der Waals surface area contributed by atoms with Crippen LogP contribution >= 0.6 is 0 Å². The number of halogens is 1. The number of hydrogen-bond donors (Lipinski definition) is 1. The van der Waals surface area contributed by atoms with Gasteiger partial charge in [0.1, 0.15) is 12.1 Å². The highest BCUT2D eigenvalue weighted by atomic mass is 32.2. The number of fused-ring (bicyclic) bond motifs is 1. The minimum Gasteiger partial charge on any atom is -0.612 e. The second-order valence-corrected chi connectivity index (χ2v) is 9.70. The summed E-state index contributed by atoms with van der Waals surface area (Å²) < 4.78 is 28.2. The van der Waals surface area contributed by atoms with Gasteiger partial charge in [0, 0.05) is 42.2 Å². The molecule has 1 amide bonds. The number of aliphatic hydroxyl groups excluding tert-OH is 1. The Bertz CT molecular complexity index is 1360. The molecule has 34 heavy (non-hydrogen) atoms. The first-order chi connectivity index (χ1) is 16.4. The molecule has 0 spiro atoms. The van der Waals surface area contributed by atoms with Crippen LogP contribution in [0.25, 0.3) is 28.0 Å². The maximum atomic E-state index is 14.2. The molecular formula is C25H23FN4O3S. The minimum atomic E-state index is -1.27. The fourth-order valence-corrected chi connectivity index (χ4v) is 5.06. The Kier molecular flexibility index (Phi) is 6.07. The van der Waals surface area contributed by atoms with Crippen molar-refractivity contribution in [3.8, 4) is 17.1 Å². The maximum absolute atomic E-state index is 14.2. The van der Waals surface area contributed by atoms with Gasteiger partial charge in [-0.2, -0.15) is 0 Å². The van der Waals surface area contributed by atoms with E-state index in [1.54, 1.807) is 70.7 Å². The zero-order valence-electron chi connectivity index (χ0n) is 18.5. The molecular weight excluding hydrogens is 455 g/mol. The highest BCUT2D eigenvalue weighted by Gasteiger charge is 2.25.